The van der Waals surface area contributed by atoms with E-state index in [1.165, 1.54) is 0 Å². The number of ether oxygens (including phenoxy) is 1. The summed E-state index contributed by atoms with van der Waals surface area (Å²) in [6.07, 6.45) is 2.35. The lowest BCUT2D eigenvalue weighted by Crippen LogP contribution is -2.28. The van der Waals surface area contributed by atoms with E-state index in [1.807, 2.05) is 0 Å². The second-order valence-corrected chi connectivity index (χ2v) is 3.33. The molecule has 3 N–H and O–H groups in total. The van der Waals surface area contributed by atoms with E-state index in [2.05, 4.69) is 5.32 Å². The van der Waals surface area contributed by atoms with Crippen LogP contribution in [0.5, 0.6) is 0 Å². The highest BCUT2D eigenvalue weighted by Gasteiger charge is 2.00. The molecule has 0 bridgehead atoms. The van der Waals surface area contributed by atoms with Gasteiger partial charge in [-0.3, -0.25) is 9.59 Å². The number of aliphatic hydroxyl groups excluding tert-OH is 1. The van der Waals surface area contributed by atoms with Crippen LogP contribution in [0.25, 0.3) is 0 Å². The van der Waals surface area contributed by atoms with Crippen LogP contribution in [0.15, 0.2) is 0 Å². The van der Waals surface area contributed by atoms with Crippen molar-refractivity contribution >= 4 is 11.9 Å². The van der Waals surface area contributed by atoms with Crippen molar-refractivity contribution < 1.29 is 24.5 Å². The molecule has 1 amide bonds. The molecule has 6 nitrogen and oxygen atoms in total. The Labute approximate surface area is 94.6 Å². The molecule has 0 aromatic rings. The lowest BCUT2D eigenvalue weighted by molar-refractivity contribution is -0.137. The average Bonchev–Trinajstić information content (AvgIpc) is 2.23. The van der Waals surface area contributed by atoms with Gasteiger partial charge in [0, 0.05) is 13.0 Å². The highest BCUT2D eigenvalue weighted by atomic mass is 16.5. The molecule has 6 heteroatoms. The number of aliphatic carboxylic acids is 1. The first kappa shape index (κ1) is 14.9. The predicted octanol–water partition coefficient (Wildman–Crippen LogP) is -0.244. The van der Waals surface area contributed by atoms with Gasteiger partial charge in [-0.1, -0.05) is 6.42 Å². The summed E-state index contributed by atoms with van der Waals surface area (Å²) in [4.78, 5) is 21.2. The molecule has 0 heterocycles. The van der Waals surface area contributed by atoms with Gasteiger partial charge in [-0.25, -0.2) is 0 Å². The Kier molecular flexibility index (Phi) is 9.64. The minimum atomic E-state index is -0.790. The third-order valence-electron chi connectivity index (χ3n) is 1.86. The Balaban J connectivity index is 3.18. The summed E-state index contributed by atoms with van der Waals surface area (Å²) in [5.74, 6) is -1.01. The van der Waals surface area contributed by atoms with Crippen molar-refractivity contribution in [3.8, 4) is 0 Å². The van der Waals surface area contributed by atoms with Crippen molar-refractivity contribution in [3.05, 3.63) is 0 Å². The maximum atomic E-state index is 11.0. The monoisotopic (exact) mass is 233 g/mol. The molecule has 0 unspecified atom stereocenters. The molecule has 0 aromatic carbocycles. The van der Waals surface area contributed by atoms with Crippen molar-refractivity contribution in [2.24, 2.45) is 0 Å². The zero-order valence-electron chi connectivity index (χ0n) is 9.28. The average molecular weight is 233 g/mol. The van der Waals surface area contributed by atoms with E-state index >= 15 is 0 Å². The summed E-state index contributed by atoms with van der Waals surface area (Å²) in [5, 5.41) is 19.4. The van der Waals surface area contributed by atoms with E-state index in [4.69, 9.17) is 14.9 Å². The fraction of sp³-hybridized carbons (Fsp3) is 0.800. The minimum absolute atomic E-state index is 0.0459. The van der Waals surface area contributed by atoms with E-state index in [0.29, 0.717) is 13.0 Å². The van der Waals surface area contributed by atoms with E-state index in [9.17, 15) is 9.59 Å². The van der Waals surface area contributed by atoms with E-state index in [-0.39, 0.29) is 32.1 Å². The molecule has 0 aliphatic carbocycles. The Morgan fingerprint density at radius 1 is 1.19 bits per heavy atom. The molecule has 0 saturated carbocycles. The number of rotatable bonds is 10. The molecule has 0 spiro atoms. The van der Waals surface area contributed by atoms with Gasteiger partial charge in [0.25, 0.3) is 0 Å². The van der Waals surface area contributed by atoms with E-state index in [1.54, 1.807) is 0 Å². The Morgan fingerprint density at radius 3 is 2.56 bits per heavy atom. The second kappa shape index (κ2) is 10.4. The molecular formula is C10H19NO5. The molecular weight excluding hydrogens is 214 g/mol. The van der Waals surface area contributed by atoms with Gasteiger partial charge in [0.2, 0.25) is 5.91 Å². The molecule has 0 rings (SSSR count). The topological polar surface area (TPSA) is 95.9 Å². The fourth-order valence-electron chi connectivity index (χ4n) is 1.09. The van der Waals surface area contributed by atoms with Gasteiger partial charge < -0.3 is 20.3 Å². The van der Waals surface area contributed by atoms with Crippen LogP contribution in [-0.2, 0) is 14.3 Å². The van der Waals surface area contributed by atoms with Gasteiger partial charge in [0.15, 0.2) is 0 Å². The van der Waals surface area contributed by atoms with Crippen LogP contribution in [0.2, 0.25) is 0 Å². The molecule has 94 valence electrons. The van der Waals surface area contributed by atoms with Crippen LogP contribution in [0.1, 0.15) is 25.7 Å². The molecule has 0 aliphatic heterocycles. The summed E-state index contributed by atoms with van der Waals surface area (Å²) in [6, 6.07) is 0. The number of hydrogen-bond acceptors (Lipinski definition) is 4. The predicted molar refractivity (Wildman–Crippen MR) is 57.0 cm³/mol. The molecule has 0 radical (unpaired) electrons. The molecule has 0 atom stereocenters. The van der Waals surface area contributed by atoms with Gasteiger partial charge in [-0.05, 0) is 12.8 Å². The number of amides is 1. The molecule has 0 saturated heterocycles. The normalized spacial score (nSPS) is 10.1. The third kappa shape index (κ3) is 10.9. The van der Waals surface area contributed by atoms with Crippen LogP contribution in [0, 0.1) is 0 Å². The lowest BCUT2D eigenvalue weighted by atomic mass is 10.2. The maximum Gasteiger partial charge on any atom is 0.303 e. The zero-order valence-corrected chi connectivity index (χ0v) is 9.28. The number of aliphatic hydroxyl groups is 1. The largest absolute Gasteiger partial charge is 0.481 e. The molecule has 16 heavy (non-hydrogen) atoms. The second-order valence-electron chi connectivity index (χ2n) is 3.33. The molecule has 0 fully saturated rings. The van der Waals surface area contributed by atoms with Crippen molar-refractivity contribution in [1.82, 2.24) is 5.32 Å². The highest BCUT2D eigenvalue weighted by Crippen LogP contribution is 1.98. The quantitative estimate of drug-likeness (QED) is 0.452. The summed E-state index contributed by atoms with van der Waals surface area (Å²) in [6.45, 7) is 0.547. The number of hydrogen-bond donors (Lipinski definition) is 3. The van der Waals surface area contributed by atoms with Crippen molar-refractivity contribution in [2.45, 2.75) is 25.7 Å². The highest BCUT2D eigenvalue weighted by molar-refractivity contribution is 5.77. The Hall–Kier alpha value is -1.14. The van der Waals surface area contributed by atoms with Gasteiger partial charge in [-0.15, -0.1) is 0 Å². The van der Waals surface area contributed by atoms with Crippen molar-refractivity contribution in [3.63, 3.8) is 0 Å². The van der Waals surface area contributed by atoms with E-state index in [0.717, 1.165) is 12.8 Å². The summed E-state index contributed by atoms with van der Waals surface area (Å²) >= 11 is 0. The van der Waals surface area contributed by atoms with Gasteiger partial charge in [-0.2, -0.15) is 0 Å². The third-order valence-corrected chi connectivity index (χ3v) is 1.86. The SMILES string of the molecule is O=C(O)CCCCCNC(=O)COCCO. The van der Waals surface area contributed by atoms with Crippen LogP contribution in [-0.4, -0.2) is 48.5 Å². The minimum Gasteiger partial charge on any atom is -0.481 e. The summed E-state index contributed by atoms with van der Waals surface area (Å²) in [5.41, 5.74) is 0. The first-order valence-corrected chi connectivity index (χ1v) is 5.34. The van der Waals surface area contributed by atoms with Crippen molar-refractivity contribution in [1.29, 1.82) is 0 Å². The maximum absolute atomic E-state index is 11.0. The number of carboxylic acids is 1. The Bertz CT molecular complexity index is 207. The van der Waals surface area contributed by atoms with Crippen LogP contribution >= 0.6 is 0 Å². The van der Waals surface area contributed by atoms with Crippen molar-refractivity contribution in [2.75, 3.05) is 26.4 Å². The first-order chi connectivity index (χ1) is 7.66. The number of carbonyl (C=O) groups is 2. The zero-order chi connectivity index (χ0) is 12.2. The summed E-state index contributed by atoms with van der Waals surface area (Å²) < 4.78 is 4.81. The number of carbonyl (C=O) groups excluding carboxylic acids is 1. The summed E-state index contributed by atoms with van der Waals surface area (Å²) in [7, 11) is 0. The Morgan fingerprint density at radius 2 is 1.94 bits per heavy atom. The van der Waals surface area contributed by atoms with Gasteiger partial charge in [0.05, 0.1) is 13.2 Å². The lowest BCUT2D eigenvalue weighted by Gasteiger charge is -2.04. The molecule has 0 aliphatic rings. The number of carboxylic acid groups (broad SMARTS) is 1. The van der Waals surface area contributed by atoms with E-state index < -0.39 is 5.97 Å². The molecule has 0 aromatic heterocycles. The van der Waals surface area contributed by atoms with Crippen LogP contribution in [0.3, 0.4) is 0 Å². The van der Waals surface area contributed by atoms with Crippen LogP contribution in [0.4, 0.5) is 0 Å². The fourth-order valence-corrected chi connectivity index (χ4v) is 1.09. The smallest absolute Gasteiger partial charge is 0.303 e. The standard InChI is InChI=1S/C10H19NO5/c12-6-7-16-8-9(13)11-5-3-1-2-4-10(14)15/h12H,1-8H2,(H,11,13)(H,14,15). The number of nitrogens with one attached hydrogen (secondary N) is 1. The van der Waals surface area contributed by atoms with Gasteiger partial charge in [0.1, 0.15) is 6.61 Å². The first-order valence-electron chi connectivity index (χ1n) is 5.34. The number of unbranched alkanes of at least 4 members (excludes halogenated alkanes) is 2. The van der Waals surface area contributed by atoms with Crippen LogP contribution < -0.4 is 5.32 Å². The van der Waals surface area contributed by atoms with Gasteiger partial charge >= 0.3 is 5.97 Å².